The van der Waals surface area contributed by atoms with Crippen LogP contribution in [0, 0.1) is 0 Å². The summed E-state index contributed by atoms with van der Waals surface area (Å²) in [5.41, 5.74) is 1.30. The van der Waals surface area contributed by atoms with Gasteiger partial charge >= 0.3 is 0 Å². The summed E-state index contributed by atoms with van der Waals surface area (Å²) >= 11 is 3.31. The number of amides is 1. The van der Waals surface area contributed by atoms with Crippen LogP contribution in [-0.4, -0.2) is 37.4 Å². The maximum atomic E-state index is 12.9. The van der Waals surface area contributed by atoms with Crippen LogP contribution < -0.4 is 0 Å². The predicted molar refractivity (Wildman–Crippen MR) is 101 cm³/mol. The van der Waals surface area contributed by atoms with E-state index in [0.29, 0.717) is 12.5 Å². The van der Waals surface area contributed by atoms with Crippen LogP contribution in [0.5, 0.6) is 0 Å². The van der Waals surface area contributed by atoms with Crippen molar-refractivity contribution in [1.82, 2.24) is 19.7 Å². The van der Waals surface area contributed by atoms with E-state index in [0.717, 1.165) is 30.5 Å². The first kappa shape index (κ1) is 16.8. The van der Waals surface area contributed by atoms with E-state index in [1.807, 2.05) is 17.9 Å². The van der Waals surface area contributed by atoms with Crippen LogP contribution in [-0.2, 0) is 24.3 Å². The maximum Gasteiger partial charge on any atom is 0.236 e. The van der Waals surface area contributed by atoms with Crippen molar-refractivity contribution in [1.29, 1.82) is 0 Å². The molecule has 1 unspecified atom stereocenters. The first-order valence-electron chi connectivity index (χ1n) is 8.72. The fourth-order valence-electron chi connectivity index (χ4n) is 3.23. The van der Waals surface area contributed by atoms with E-state index < -0.39 is 0 Å². The van der Waals surface area contributed by atoms with Crippen molar-refractivity contribution in [3.63, 3.8) is 0 Å². The molecule has 1 aliphatic carbocycles. The molecule has 132 valence electrons. The van der Waals surface area contributed by atoms with Crippen molar-refractivity contribution in [3.05, 3.63) is 40.4 Å². The van der Waals surface area contributed by atoms with Crippen molar-refractivity contribution in [3.8, 4) is 0 Å². The van der Waals surface area contributed by atoms with Crippen LogP contribution in [0.3, 0.4) is 0 Å². The van der Waals surface area contributed by atoms with Gasteiger partial charge in [-0.3, -0.25) is 4.79 Å². The monoisotopic (exact) mass is 374 g/mol. The number of hydrogen-bond acceptors (Lipinski definition) is 5. The molecule has 5 nitrogen and oxygen atoms in total. The molecule has 1 saturated carbocycles. The van der Waals surface area contributed by atoms with Crippen LogP contribution in [0.4, 0.5) is 0 Å². The summed E-state index contributed by atoms with van der Waals surface area (Å²) in [6.45, 7) is 8.05. The summed E-state index contributed by atoms with van der Waals surface area (Å²) in [5, 5.41) is 11.5. The van der Waals surface area contributed by atoms with Gasteiger partial charge < -0.3 is 9.47 Å². The standard InChI is InChI=1S/C18H22N4OS2/c1-3-8-22-16(13-4-5-13)19-20-18(22)25-12(2)17(23)21-9-6-15-14(11-21)7-10-24-15/h3,7,10,12-13H,1,4-6,8-9,11H2,2H3. The fraction of sp³-hybridized carbons (Fsp3) is 0.500. The average molecular weight is 375 g/mol. The zero-order valence-electron chi connectivity index (χ0n) is 14.4. The van der Waals surface area contributed by atoms with Gasteiger partial charge in [0.25, 0.3) is 0 Å². The molecule has 3 heterocycles. The van der Waals surface area contributed by atoms with Crippen molar-refractivity contribution in [2.75, 3.05) is 6.54 Å². The van der Waals surface area contributed by atoms with Crippen molar-refractivity contribution in [2.45, 2.75) is 55.6 Å². The maximum absolute atomic E-state index is 12.9. The van der Waals surface area contributed by atoms with E-state index in [1.165, 1.54) is 35.0 Å². The van der Waals surface area contributed by atoms with Gasteiger partial charge in [-0.15, -0.1) is 28.1 Å². The lowest BCUT2D eigenvalue weighted by Crippen LogP contribution is -2.39. The molecule has 0 bridgehead atoms. The van der Waals surface area contributed by atoms with Gasteiger partial charge in [0.2, 0.25) is 5.91 Å². The van der Waals surface area contributed by atoms with Gasteiger partial charge in [0.1, 0.15) is 5.82 Å². The second kappa shape index (κ2) is 6.96. The van der Waals surface area contributed by atoms with Crippen LogP contribution >= 0.6 is 23.1 Å². The molecule has 1 fully saturated rings. The Morgan fingerprint density at radius 1 is 1.52 bits per heavy atom. The van der Waals surface area contributed by atoms with Gasteiger partial charge in [-0.25, -0.2) is 0 Å². The van der Waals surface area contributed by atoms with Gasteiger partial charge in [-0.2, -0.15) is 0 Å². The van der Waals surface area contributed by atoms with Gasteiger partial charge in [0, 0.05) is 30.4 Å². The molecular weight excluding hydrogens is 352 g/mol. The Labute approximate surface area is 156 Å². The van der Waals surface area contributed by atoms with Crippen molar-refractivity contribution >= 4 is 29.0 Å². The Kier molecular flexibility index (Phi) is 4.69. The zero-order chi connectivity index (χ0) is 17.4. The molecule has 0 radical (unpaired) electrons. The van der Waals surface area contributed by atoms with Gasteiger partial charge in [0.05, 0.1) is 5.25 Å². The quantitative estimate of drug-likeness (QED) is 0.574. The smallest absolute Gasteiger partial charge is 0.236 e. The average Bonchev–Trinajstić information content (AvgIpc) is 3.22. The Morgan fingerprint density at radius 2 is 2.36 bits per heavy atom. The summed E-state index contributed by atoms with van der Waals surface area (Å²) in [5.74, 6) is 1.76. The number of allylic oxidation sites excluding steroid dienone is 1. The number of carbonyl (C=O) groups is 1. The minimum Gasteiger partial charge on any atom is -0.337 e. The third-order valence-corrected chi connectivity index (χ3v) is 6.84. The highest BCUT2D eigenvalue weighted by Crippen LogP contribution is 2.40. The Morgan fingerprint density at radius 3 is 3.12 bits per heavy atom. The number of rotatable bonds is 6. The summed E-state index contributed by atoms with van der Waals surface area (Å²) in [6, 6.07) is 2.14. The molecule has 7 heteroatoms. The molecule has 25 heavy (non-hydrogen) atoms. The first-order valence-corrected chi connectivity index (χ1v) is 10.5. The molecule has 2 aliphatic rings. The van der Waals surface area contributed by atoms with Crippen molar-refractivity contribution < 1.29 is 4.79 Å². The molecule has 1 atom stereocenters. The van der Waals surface area contributed by atoms with Crippen LogP contribution in [0.15, 0.2) is 29.3 Å². The second-order valence-electron chi connectivity index (χ2n) is 6.65. The number of aromatic nitrogens is 3. The third kappa shape index (κ3) is 3.40. The summed E-state index contributed by atoms with van der Waals surface area (Å²) in [4.78, 5) is 16.3. The Balaban J connectivity index is 1.46. The van der Waals surface area contributed by atoms with E-state index in [4.69, 9.17) is 0 Å². The van der Waals surface area contributed by atoms with E-state index in [9.17, 15) is 4.79 Å². The molecule has 4 rings (SSSR count). The highest BCUT2D eigenvalue weighted by atomic mass is 32.2. The van der Waals surface area contributed by atoms with Crippen LogP contribution in [0.1, 0.15) is 41.9 Å². The Hall–Kier alpha value is -1.60. The normalized spacial score (nSPS) is 18.0. The number of thiophene rings is 1. The number of thioether (sulfide) groups is 1. The Bertz CT molecular complexity index is 793. The van der Waals surface area contributed by atoms with Gasteiger partial charge in [0.15, 0.2) is 5.16 Å². The lowest BCUT2D eigenvalue weighted by molar-refractivity contribution is -0.131. The molecule has 1 aliphatic heterocycles. The molecule has 2 aromatic heterocycles. The highest BCUT2D eigenvalue weighted by Gasteiger charge is 2.32. The van der Waals surface area contributed by atoms with E-state index >= 15 is 0 Å². The van der Waals surface area contributed by atoms with E-state index in [2.05, 4.69) is 32.8 Å². The van der Waals surface area contributed by atoms with Gasteiger partial charge in [-0.05, 0) is 43.2 Å². The lowest BCUT2D eigenvalue weighted by Gasteiger charge is -2.29. The minimum absolute atomic E-state index is 0.167. The molecule has 0 spiro atoms. The van der Waals surface area contributed by atoms with Crippen LogP contribution in [0.2, 0.25) is 0 Å². The molecular formula is C18H22N4OS2. The summed E-state index contributed by atoms with van der Waals surface area (Å²) in [7, 11) is 0. The molecule has 2 aromatic rings. The second-order valence-corrected chi connectivity index (χ2v) is 8.96. The number of carbonyl (C=O) groups excluding carboxylic acids is 1. The lowest BCUT2D eigenvalue weighted by atomic mass is 10.1. The first-order chi connectivity index (χ1) is 12.2. The topological polar surface area (TPSA) is 51.0 Å². The van der Waals surface area contributed by atoms with E-state index in [-0.39, 0.29) is 11.2 Å². The zero-order valence-corrected chi connectivity index (χ0v) is 16.0. The predicted octanol–water partition coefficient (Wildman–Crippen LogP) is 3.47. The number of hydrogen-bond donors (Lipinski definition) is 0. The van der Waals surface area contributed by atoms with Gasteiger partial charge in [-0.1, -0.05) is 17.8 Å². The number of fused-ring (bicyclic) bond motifs is 1. The van der Waals surface area contributed by atoms with E-state index in [1.54, 1.807) is 11.3 Å². The fourth-order valence-corrected chi connectivity index (χ4v) is 5.07. The largest absolute Gasteiger partial charge is 0.337 e. The van der Waals surface area contributed by atoms with Crippen molar-refractivity contribution in [2.24, 2.45) is 0 Å². The SMILES string of the molecule is C=CCn1c(SC(C)C(=O)N2CCc3sccc3C2)nnc1C1CC1. The molecule has 0 aromatic carbocycles. The third-order valence-electron chi connectivity index (χ3n) is 4.75. The summed E-state index contributed by atoms with van der Waals surface area (Å²) in [6.07, 6.45) is 5.21. The van der Waals surface area contributed by atoms with Crippen LogP contribution in [0.25, 0.3) is 0 Å². The molecule has 0 saturated heterocycles. The molecule has 0 N–H and O–H groups in total. The number of nitrogens with zero attached hydrogens (tertiary/aromatic N) is 4. The highest BCUT2D eigenvalue weighted by molar-refractivity contribution is 8.00. The molecule has 1 amide bonds. The summed E-state index contributed by atoms with van der Waals surface area (Å²) < 4.78 is 2.12. The minimum atomic E-state index is -0.167.